The van der Waals surface area contributed by atoms with Gasteiger partial charge in [-0.1, -0.05) is 17.7 Å². The molecule has 34 heavy (non-hydrogen) atoms. The lowest BCUT2D eigenvalue weighted by Gasteiger charge is -2.38. The molecule has 2 aromatic heterocycles. The molecule has 0 amide bonds. The van der Waals surface area contributed by atoms with Crippen LogP contribution >= 0.6 is 11.6 Å². The number of nitrogen functional groups attached to an aromatic ring is 1. The molecule has 0 spiro atoms. The minimum absolute atomic E-state index is 0.146. The molecule has 1 aliphatic heterocycles. The van der Waals surface area contributed by atoms with E-state index in [2.05, 4.69) is 15.0 Å². The van der Waals surface area contributed by atoms with Crippen LogP contribution in [0.25, 0.3) is 16.7 Å². The molecular formula is C24H24ClFN6O2. The Morgan fingerprint density at radius 2 is 1.88 bits per heavy atom. The second-order valence-corrected chi connectivity index (χ2v) is 9.23. The van der Waals surface area contributed by atoms with Crippen molar-refractivity contribution < 1.29 is 9.50 Å². The third kappa shape index (κ3) is 4.42. The van der Waals surface area contributed by atoms with E-state index in [1.807, 2.05) is 0 Å². The van der Waals surface area contributed by atoms with Crippen LogP contribution in [0.3, 0.4) is 0 Å². The summed E-state index contributed by atoms with van der Waals surface area (Å²) in [5.41, 5.74) is 7.12. The van der Waals surface area contributed by atoms with Crippen LogP contribution in [-0.2, 0) is 13.1 Å². The van der Waals surface area contributed by atoms with E-state index in [1.165, 1.54) is 29.2 Å². The second-order valence-electron chi connectivity index (χ2n) is 8.79. The molecule has 0 saturated carbocycles. The monoisotopic (exact) mass is 482 g/mol. The number of halogens is 2. The highest BCUT2D eigenvalue weighted by Gasteiger charge is 2.33. The van der Waals surface area contributed by atoms with Gasteiger partial charge in [0, 0.05) is 30.3 Å². The van der Waals surface area contributed by atoms with Gasteiger partial charge >= 0.3 is 0 Å². The third-order valence-electron chi connectivity index (χ3n) is 6.38. The first-order valence-corrected chi connectivity index (χ1v) is 11.4. The molecule has 10 heteroatoms. The first-order valence-electron chi connectivity index (χ1n) is 11.0. The first kappa shape index (κ1) is 22.5. The number of aromatic nitrogens is 4. The molecule has 0 radical (unpaired) electrons. The maximum Gasteiger partial charge on any atom is 0.264 e. The van der Waals surface area contributed by atoms with Crippen molar-refractivity contribution in [2.75, 3.05) is 18.8 Å². The van der Waals surface area contributed by atoms with Crippen molar-refractivity contribution in [1.29, 1.82) is 0 Å². The van der Waals surface area contributed by atoms with Crippen LogP contribution in [0.15, 0.2) is 59.8 Å². The quantitative estimate of drug-likeness (QED) is 0.424. The summed E-state index contributed by atoms with van der Waals surface area (Å²) in [7, 11) is 0. The van der Waals surface area contributed by atoms with Crippen molar-refractivity contribution in [3.8, 4) is 5.69 Å². The van der Waals surface area contributed by atoms with Gasteiger partial charge in [0.05, 0.1) is 24.0 Å². The van der Waals surface area contributed by atoms with E-state index in [9.17, 15) is 14.3 Å². The molecule has 176 valence electrons. The Morgan fingerprint density at radius 3 is 2.59 bits per heavy atom. The number of hydrogen-bond acceptors (Lipinski definition) is 6. The van der Waals surface area contributed by atoms with Gasteiger partial charge in [0.25, 0.3) is 5.56 Å². The minimum atomic E-state index is -1.03. The van der Waals surface area contributed by atoms with E-state index in [-0.39, 0.29) is 17.9 Å². The summed E-state index contributed by atoms with van der Waals surface area (Å²) in [6.45, 7) is 1.99. The zero-order valence-corrected chi connectivity index (χ0v) is 19.1. The first-order chi connectivity index (χ1) is 16.3. The molecule has 1 fully saturated rings. The van der Waals surface area contributed by atoms with Crippen LogP contribution in [0, 0.1) is 5.82 Å². The SMILES string of the molecule is Nc1cc(F)ccc1CN1CCC(O)(Cn2cnc3c(cnn3-c3ccc(Cl)cc3)c2=O)CC1. The smallest absolute Gasteiger partial charge is 0.264 e. The summed E-state index contributed by atoms with van der Waals surface area (Å²) in [6.07, 6.45) is 3.93. The molecule has 1 saturated heterocycles. The largest absolute Gasteiger partial charge is 0.398 e. The number of nitrogens with two attached hydrogens (primary N) is 1. The van der Waals surface area contributed by atoms with Gasteiger partial charge in [0.15, 0.2) is 5.65 Å². The fraction of sp³-hybridized carbons (Fsp3) is 0.292. The van der Waals surface area contributed by atoms with Crippen LogP contribution < -0.4 is 11.3 Å². The molecule has 5 rings (SSSR count). The van der Waals surface area contributed by atoms with Crippen LogP contribution in [0.5, 0.6) is 0 Å². The van der Waals surface area contributed by atoms with Crippen molar-refractivity contribution in [3.63, 3.8) is 0 Å². The van der Waals surface area contributed by atoms with Crippen LogP contribution in [0.4, 0.5) is 10.1 Å². The predicted octanol–water partition coefficient (Wildman–Crippen LogP) is 2.98. The molecule has 0 bridgehead atoms. The number of anilines is 1. The molecule has 1 aliphatic rings. The summed E-state index contributed by atoms with van der Waals surface area (Å²) in [6, 6.07) is 11.5. The maximum absolute atomic E-state index is 13.3. The zero-order valence-electron chi connectivity index (χ0n) is 18.4. The number of rotatable bonds is 5. The number of piperidine rings is 1. The summed E-state index contributed by atoms with van der Waals surface area (Å²) in [5.74, 6) is -0.357. The Morgan fingerprint density at radius 1 is 1.15 bits per heavy atom. The molecule has 8 nitrogen and oxygen atoms in total. The molecule has 3 heterocycles. The molecular weight excluding hydrogens is 459 g/mol. The summed E-state index contributed by atoms with van der Waals surface area (Å²) >= 11 is 5.96. The zero-order chi connectivity index (χ0) is 23.9. The van der Waals surface area contributed by atoms with E-state index >= 15 is 0 Å². The average Bonchev–Trinajstić information content (AvgIpc) is 3.25. The van der Waals surface area contributed by atoms with E-state index in [1.54, 1.807) is 35.0 Å². The van der Waals surface area contributed by atoms with Gasteiger partial charge in [-0.3, -0.25) is 14.3 Å². The minimum Gasteiger partial charge on any atom is -0.398 e. The summed E-state index contributed by atoms with van der Waals surface area (Å²) < 4.78 is 16.3. The highest BCUT2D eigenvalue weighted by molar-refractivity contribution is 6.30. The Kier molecular flexibility index (Phi) is 5.85. The molecule has 4 aromatic rings. The highest BCUT2D eigenvalue weighted by Crippen LogP contribution is 2.26. The fourth-order valence-electron chi connectivity index (χ4n) is 4.39. The lowest BCUT2D eigenvalue weighted by molar-refractivity contribution is -0.0364. The number of fused-ring (bicyclic) bond motifs is 1. The number of aliphatic hydroxyl groups is 1. The third-order valence-corrected chi connectivity index (χ3v) is 6.63. The number of hydrogen-bond donors (Lipinski definition) is 2. The predicted molar refractivity (Wildman–Crippen MR) is 128 cm³/mol. The highest BCUT2D eigenvalue weighted by atomic mass is 35.5. The Labute approximate surface area is 200 Å². The Bertz CT molecular complexity index is 1390. The molecule has 0 atom stereocenters. The van der Waals surface area contributed by atoms with E-state index in [0.29, 0.717) is 54.2 Å². The molecule has 0 aliphatic carbocycles. The van der Waals surface area contributed by atoms with E-state index < -0.39 is 5.60 Å². The molecule has 3 N–H and O–H groups in total. The van der Waals surface area contributed by atoms with Crippen molar-refractivity contribution in [2.45, 2.75) is 31.5 Å². The van der Waals surface area contributed by atoms with Gasteiger partial charge in [0.1, 0.15) is 17.5 Å². The van der Waals surface area contributed by atoms with Crippen molar-refractivity contribution in [1.82, 2.24) is 24.2 Å². The second kappa shape index (κ2) is 8.83. The van der Waals surface area contributed by atoms with Crippen LogP contribution in [0.2, 0.25) is 5.02 Å². The van der Waals surface area contributed by atoms with Crippen molar-refractivity contribution >= 4 is 28.3 Å². The lowest BCUT2D eigenvalue weighted by atomic mass is 9.91. The fourth-order valence-corrected chi connectivity index (χ4v) is 4.51. The van der Waals surface area contributed by atoms with Crippen LogP contribution in [0.1, 0.15) is 18.4 Å². The summed E-state index contributed by atoms with van der Waals surface area (Å²) in [4.78, 5) is 19.7. The Balaban J connectivity index is 1.30. The maximum atomic E-state index is 13.3. The number of benzene rings is 2. The van der Waals surface area contributed by atoms with Crippen LogP contribution in [-0.4, -0.2) is 48.0 Å². The lowest BCUT2D eigenvalue weighted by Crippen LogP contribution is -2.47. The number of likely N-dealkylation sites (tertiary alicyclic amines) is 1. The average molecular weight is 483 g/mol. The molecule has 0 unspecified atom stereocenters. The van der Waals surface area contributed by atoms with Crippen molar-refractivity contribution in [3.05, 3.63) is 81.7 Å². The Hall–Kier alpha value is -3.27. The normalized spacial score (nSPS) is 16.2. The van der Waals surface area contributed by atoms with Gasteiger partial charge in [-0.25, -0.2) is 14.1 Å². The topological polar surface area (TPSA) is 102 Å². The van der Waals surface area contributed by atoms with Crippen molar-refractivity contribution in [2.24, 2.45) is 0 Å². The van der Waals surface area contributed by atoms with E-state index in [0.717, 1.165) is 11.3 Å². The van der Waals surface area contributed by atoms with Gasteiger partial charge in [-0.05, 0) is 54.8 Å². The van der Waals surface area contributed by atoms with E-state index in [4.69, 9.17) is 17.3 Å². The summed E-state index contributed by atoms with van der Waals surface area (Å²) in [5, 5.41) is 16.5. The standard InChI is InChI=1S/C24H24ClFN6O2/c25-17-2-5-19(6-3-17)32-22-20(12-29-32)23(33)31(15-28-22)14-24(34)7-9-30(10-8-24)13-16-1-4-18(26)11-21(16)27/h1-6,11-12,15,34H,7-10,13-14,27H2. The van der Waals surface area contributed by atoms with Gasteiger partial charge < -0.3 is 10.8 Å². The molecule has 2 aromatic carbocycles. The van der Waals surface area contributed by atoms with Gasteiger partial charge in [-0.2, -0.15) is 5.10 Å². The number of nitrogens with zero attached hydrogens (tertiary/aromatic N) is 5. The van der Waals surface area contributed by atoms with Gasteiger partial charge in [0.2, 0.25) is 0 Å². The van der Waals surface area contributed by atoms with Gasteiger partial charge in [-0.15, -0.1) is 0 Å².